The molecule has 3 heteroatoms. The zero-order valence-electron chi connectivity index (χ0n) is 12.9. The van der Waals surface area contributed by atoms with Crippen LogP contribution in [0, 0.1) is 0 Å². The molecular formula is C19H21NO2. The number of rotatable bonds is 5. The molecular weight excluding hydrogens is 274 g/mol. The first-order valence-electron chi connectivity index (χ1n) is 7.79. The van der Waals surface area contributed by atoms with E-state index in [-0.39, 0.29) is 12.0 Å². The van der Waals surface area contributed by atoms with Gasteiger partial charge < -0.3 is 4.74 Å². The summed E-state index contributed by atoms with van der Waals surface area (Å²) in [5.41, 5.74) is 3.84. The predicted molar refractivity (Wildman–Crippen MR) is 86.1 cm³/mol. The molecule has 0 radical (unpaired) electrons. The fourth-order valence-corrected chi connectivity index (χ4v) is 3.13. The molecule has 0 bridgehead atoms. The smallest absolute Gasteiger partial charge is 0.307 e. The van der Waals surface area contributed by atoms with Crippen molar-refractivity contribution >= 4 is 5.97 Å². The third-order valence-corrected chi connectivity index (χ3v) is 4.12. The van der Waals surface area contributed by atoms with Crippen LogP contribution < -0.4 is 0 Å². The summed E-state index contributed by atoms with van der Waals surface area (Å²) in [4.78, 5) is 14.3. The molecule has 0 aliphatic carbocycles. The van der Waals surface area contributed by atoms with Crippen LogP contribution in [-0.2, 0) is 22.6 Å². The molecule has 1 heterocycles. The SMILES string of the molecule is CCOC(=O)CC1c2ccccc2CN1Cc1ccccc1. The first-order chi connectivity index (χ1) is 10.8. The average molecular weight is 295 g/mol. The van der Waals surface area contributed by atoms with E-state index < -0.39 is 0 Å². The predicted octanol–water partition coefficient (Wildman–Crippen LogP) is 3.70. The lowest BCUT2D eigenvalue weighted by Crippen LogP contribution is -2.24. The lowest BCUT2D eigenvalue weighted by molar-refractivity contribution is -0.144. The molecule has 0 saturated heterocycles. The van der Waals surface area contributed by atoms with Gasteiger partial charge in [0.1, 0.15) is 0 Å². The summed E-state index contributed by atoms with van der Waals surface area (Å²) in [5.74, 6) is -0.123. The summed E-state index contributed by atoms with van der Waals surface area (Å²) < 4.78 is 5.15. The molecule has 1 aliphatic rings. The molecule has 0 fully saturated rings. The highest BCUT2D eigenvalue weighted by atomic mass is 16.5. The molecule has 2 aromatic carbocycles. The van der Waals surface area contributed by atoms with Gasteiger partial charge in [0.2, 0.25) is 0 Å². The second-order valence-corrected chi connectivity index (χ2v) is 5.61. The third kappa shape index (κ3) is 3.20. The lowest BCUT2D eigenvalue weighted by atomic mass is 10.0. The van der Waals surface area contributed by atoms with Crippen LogP contribution in [0.5, 0.6) is 0 Å². The van der Waals surface area contributed by atoms with Gasteiger partial charge in [0.05, 0.1) is 13.0 Å². The van der Waals surface area contributed by atoms with Crippen LogP contribution in [0.4, 0.5) is 0 Å². The van der Waals surface area contributed by atoms with Crippen molar-refractivity contribution < 1.29 is 9.53 Å². The monoisotopic (exact) mass is 295 g/mol. The molecule has 0 N–H and O–H groups in total. The molecule has 0 saturated carbocycles. The van der Waals surface area contributed by atoms with E-state index >= 15 is 0 Å². The molecule has 1 unspecified atom stereocenters. The third-order valence-electron chi connectivity index (χ3n) is 4.12. The van der Waals surface area contributed by atoms with Crippen LogP contribution in [0.15, 0.2) is 54.6 Å². The van der Waals surface area contributed by atoms with Gasteiger partial charge in [0.15, 0.2) is 0 Å². The summed E-state index contributed by atoms with van der Waals surface area (Å²) in [6, 6.07) is 18.9. The van der Waals surface area contributed by atoms with Crippen LogP contribution in [0.1, 0.15) is 36.1 Å². The van der Waals surface area contributed by atoms with Crippen molar-refractivity contribution in [3.8, 4) is 0 Å². The number of esters is 1. The van der Waals surface area contributed by atoms with Gasteiger partial charge in [-0.15, -0.1) is 0 Å². The summed E-state index contributed by atoms with van der Waals surface area (Å²) >= 11 is 0. The minimum absolute atomic E-state index is 0.107. The van der Waals surface area contributed by atoms with Crippen LogP contribution in [0.2, 0.25) is 0 Å². The molecule has 22 heavy (non-hydrogen) atoms. The van der Waals surface area contributed by atoms with Crippen molar-refractivity contribution in [3.63, 3.8) is 0 Å². The summed E-state index contributed by atoms with van der Waals surface area (Å²) in [6.07, 6.45) is 0.414. The zero-order chi connectivity index (χ0) is 15.4. The van der Waals surface area contributed by atoms with E-state index in [4.69, 9.17) is 4.74 Å². The van der Waals surface area contributed by atoms with Crippen molar-refractivity contribution in [3.05, 3.63) is 71.3 Å². The molecule has 3 rings (SSSR count). The van der Waals surface area contributed by atoms with Crippen LogP contribution >= 0.6 is 0 Å². The second kappa shape index (κ2) is 6.75. The molecule has 3 nitrogen and oxygen atoms in total. The normalized spacial score (nSPS) is 17.2. The molecule has 114 valence electrons. The van der Waals surface area contributed by atoms with Crippen molar-refractivity contribution in [1.29, 1.82) is 0 Å². The summed E-state index contributed by atoms with van der Waals surface area (Å²) in [7, 11) is 0. The Hall–Kier alpha value is -2.13. The number of benzene rings is 2. The maximum Gasteiger partial charge on any atom is 0.307 e. The molecule has 1 aliphatic heterocycles. The number of nitrogens with zero attached hydrogens (tertiary/aromatic N) is 1. The molecule has 2 aromatic rings. The summed E-state index contributed by atoms with van der Waals surface area (Å²) in [6.45, 7) is 4.02. The van der Waals surface area contributed by atoms with Crippen LogP contribution in [0.3, 0.4) is 0 Å². The Bertz CT molecular complexity index is 639. The van der Waals surface area contributed by atoms with Gasteiger partial charge in [-0.2, -0.15) is 0 Å². The Morgan fingerprint density at radius 2 is 1.86 bits per heavy atom. The Morgan fingerprint density at radius 1 is 1.14 bits per heavy atom. The van der Waals surface area contributed by atoms with E-state index in [0.717, 1.165) is 13.1 Å². The number of carbonyl (C=O) groups is 1. The van der Waals surface area contributed by atoms with E-state index in [1.54, 1.807) is 0 Å². The van der Waals surface area contributed by atoms with Crippen LogP contribution in [-0.4, -0.2) is 17.5 Å². The Morgan fingerprint density at radius 3 is 2.64 bits per heavy atom. The first kappa shape index (κ1) is 14.8. The maximum atomic E-state index is 12.0. The molecule has 0 amide bonds. The lowest BCUT2D eigenvalue weighted by Gasteiger charge is -2.24. The maximum absolute atomic E-state index is 12.0. The van der Waals surface area contributed by atoms with Crippen molar-refractivity contribution in [1.82, 2.24) is 4.90 Å². The van der Waals surface area contributed by atoms with Gasteiger partial charge in [-0.25, -0.2) is 0 Å². The average Bonchev–Trinajstić information content (AvgIpc) is 2.86. The number of hydrogen-bond acceptors (Lipinski definition) is 3. The molecule has 0 aromatic heterocycles. The van der Waals surface area contributed by atoms with E-state index in [0.29, 0.717) is 13.0 Å². The highest BCUT2D eigenvalue weighted by Crippen LogP contribution is 2.37. The van der Waals surface area contributed by atoms with Gasteiger partial charge in [0.25, 0.3) is 0 Å². The number of hydrogen-bond donors (Lipinski definition) is 0. The number of fused-ring (bicyclic) bond motifs is 1. The number of carbonyl (C=O) groups excluding carboxylic acids is 1. The van der Waals surface area contributed by atoms with Gasteiger partial charge in [-0.05, 0) is 23.6 Å². The quantitative estimate of drug-likeness (QED) is 0.788. The second-order valence-electron chi connectivity index (χ2n) is 5.61. The first-order valence-corrected chi connectivity index (χ1v) is 7.79. The Kier molecular flexibility index (Phi) is 4.54. The van der Waals surface area contributed by atoms with Crippen LogP contribution in [0.25, 0.3) is 0 Å². The fourth-order valence-electron chi connectivity index (χ4n) is 3.13. The number of ether oxygens (including phenoxy) is 1. The van der Waals surface area contributed by atoms with E-state index in [2.05, 4.69) is 47.4 Å². The Balaban J connectivity index is 1.81. The molecule has 1 atom stereocenters. The van der Waals surface area contributed by atoms with Gasteiger partial charge in [-0.1, -0.05) is 54.6 Å². The minimum atomic E-state index is -0.123. The highest BCUT2D eigenvalue weighted by Gasteiger charge is 2.31. The topological polar surface area (TPSA) is 29.5 Å². The van der Waals surface area contributed by atoms with Crippen molar-refractivity contribution in [2.45, 2.75) is 32.5 Å². The van der Waals surface area contributed by atoms with E-state index in [9.17, 15) is 4.79 Å². The zero-order valence-corrected chi connectivity index (χ0v) is 12.9. The highest BCUT2D eigenvalue weighted by molar-refractivity contribution is 5.70. The standard InChI is InChI=1S/C19H21NO2/c1-2-22-19(21)12-18-17-11-7-6-10-16(17)14-20(18)13-15-8-4-3-5-9-15/h3-11,18H,2,12-14H2,1H3. The van der Waals surface area contributed by atoms with Gasteiger partial charge in [0, 0.05) is 19.1 Å². The van der Waals surface area contributed by atoms with Gasteiger partial charge in [-0.3, -0.25) is 9.69 Å². The van der Waals surface area contributed by atoms with Crippen molar-refractivity contribution in [2.75, 3.05) is 6.61 Å². The summed E-state index contributed by atoms with van der Waals surface area (Å²) in [5, 5.41) is 0. The largest absolute Gasteiger partial charge is 0.466 e. The minimum Gasteiger partial charge on any atom is -0.466 e. The van der Waals surface area contributed by atoms with E-state index in [1.165, 1.54) is 16.7 Å². The van der Waals surface area contributed by atoms with Gasteiger partial charge >= 0.3 is 5.97 Å². The fraction of sp³-hybridized carbons (Fsp3) is 0.316. The Labute approximate surface area is 131 Å². The van der Waals surface area contributed by atoms with Crippen molar-refractivity contribution in [2.24, 2.45) is 0 Å². The molecule has 0 spiro atoms. The van der Waals surface area contributed by atoms with E-state index in [1.807, 2.05) is 19.1 Å².